The van der Waals surface area contributed by atoms with Crippen LogP contribution in [0.4, 0.5) is 0 Å². The highest BCUT2D eigenvalue weighted by molar-refractivity contribution is 5.98. The van der Waals surface area contributed by atoms with Gasteiger partial charge in [-0.3, -0.25) is 9.59 Å². The van der Waals surface area contributed by atoms with Gasteiger partial charge in [-0.2, -0.15) is 0 Å². The number of rotatable bonds is 3. The van der Waals surface area contributed by atoms with Crippen LogP contribution < -0.4 is 0 Å². The smallest absolute Gasteiger partial charge is 0.242 e. The minimum atomic E-state index is 0.139. The van der Waals surface area contributed by atoms with Crippen molar-refractivity contribution in [3.8, 4) is 0 Å². The maximum absolute atomic E-state index is 12.5. The number of aromatic nitrogens is 1. The van der Waals surface area contributed by atoms with Crippen LogP contribution in [0.1, 0.15) is 36.5 Å². The summed E-state index contributed by atoms with van der Waals surface area (Å²) in [6.07, 6.45) is 6.00. The lowest BCUT2D eigenvalue weighted by molar-refractivity contribution is -0.135. The summed E-state index contributed by atoms with van der Waals surface area (Å²) < 4.78 is 1.89. The average molecular weight is 284 g/mol. The molecule has 0 spiro atoms. The average Bonchev–Trinajstić information content (AvgIpc) is 2.86. The van der Waals surface area contributed by atoms with Gasteiger partial charge in [-0.15, -0.1) is 0 Å². The highest BCUT2D eigenvalue weighted by Crippen LogP contribution is 2.21. The van der Waals surface area contributed by atoms with Crippen LogP contribution in [0.15, 0.2) is 30.5 Å². The van der Waals surface area contributed by atoms with Crippen molar-refractivity contribution in [3.05, 3.63) is 36.0 Å². The molecule has 1 saturated heterocycles. The van der Waals surface area contributed by atoms with Crippen LogP contribution in [0, 0.1) is 0 Å². The van der Waals surface area contributed by atoms with E-state index in [4.69, 9.17) is 0 Å². The SMILES string of the molecule is C[C@H]1CCCCN1C(=O)Cn1cc(C=O)c2ccccc21. The molecule has 4 nitrogen and oxygen atoms in total. The Balaban J connectivity index is 1.87. The molecule has 1 aromatic heterocycles. The van der Waals surface area contributed by atoms with Crippen molar-refractivity contribution in [2.75, 3.05) is 6.54 Å². The van der Waals surface area contributed by atoms with E-state index in [1.165, 1.54) is 6.42 Å². The van der Waals surface area contributed by atoms with E-state index in [1.54, 1.807) is 6.20 Å². The first-order chi connectivity index (χ1) is 10.2. The topological polar surface area (TPSA) is 42.3 Å². The number of aldehydes is 1. The van der Waals surface area contributed by atoms with Crippen molar-refractivity contribution in [3.63, 3.8) is 0 Å². The monoisotopic (exact) mass is 284 g/mol. The molecular formula is C17H20N2O2. The molecule has 1 fully saturated rings. The molecule has 2 aromatic rings. The summed E-state index contributed by atoms with van der Waals surface area (Å²) in [7, 11) is 0. The van der Waals surface area contributed by atoms with Crippen molar-refractivity contribution < 1.29 is 9.59 Å². The first-order valence-corrected chi connectivity index (χ1v) is 7.53. The number of benzene rings is 1. The predicted octanol–water partition coefficient (Wildman–Crippen LogP) is 2.85. The van der Waals surface area contributed by atoms with E-state index in [-0.39, 0.29) is 5.91 Å². The van der Waals surface area contributed by atoms with Gasteiger partial charge in [0.2, 0.25) is 5.91 Å². The Bertz CT molecular complexity index is 674. The molecule has 0 aliphatic carbocycles. The molecule has 0 radical (unpaired) electrons. The molecule has 1 aromatic carbocycles. The molecule has 1 aliphatic heterocycles. The molecule has 3 rings (SSSR count). The fraction of sp³-hybridized carbons (Fsp3) is 0.412. The fourth-order valence-corrected chi connectivity index (χ4v) is 3.21. The standard InChI is InChI=1S/C17H20N2O2/c1-13-6-4-5-9-19(13)17(21)11-18-10-14(12-20)15-7-2-3-8-16(15)18/h2-3,7-8,10,12-13H,4-6,9,11H2,1H3/t13-/m0/s1. The number of piperidine rings is 1. The number of para-hydroxylation sites is 1. The highest BCUT2D eigenvalue weighted by atomic mass is 16.2. The summed E-state index contributed by atoms with van der Waals surface area (Å²) in [5.41, 5.74) is 1.59. The number of carbonyl (C=O) groups excluding carboxylic acids is 2. The zero-order valence-electron chi connectivity index (χ0n) is 12.3. The van der Waals surface area contributed by atoms with E-state index in [2.05, 4.69) is 6.92 Å². The predicted molar refractivity (Wildman–Crippen MR) is 82.4 cm³/mol. The van der Waals surface area contributed by atoms with Crippen LogP contribution in [0.3, 0.4) is 0 Å². The Labute approximate surface area is 124 Å². The van der Waals surface area contributed by atoms with Crippen LogP contribution in [0.5, 0.6) is 0 Å². The van der Waals surface area contributed by atoms with E-state index in [1.807, 2.05) is 33.7 Å². The maximum Gasteiger partial charge on any atom is 0.242 e. The van der Waals surface area contributed by atoms with Crippen LogP contribution >= 0.6 is 0 Å². The van der Waals surface area contributed by atoms with Crippen LogP contribution in [0.2, 0.25) is 0 Å². The molecule has 1 atom stereocenters. The zero-order chi connectivity index (χ0) is 14.8. The molecule has 1 amide bonds. The molecule has 110 valence electrons. The molecule has 21 heavy (non-hydrogen) atoms. The zero-order valence-corrected chi connectivity index (χ0v) is 12.3. The van der Waals surface area contributed by atoms with Gasteiger partial charge in [-0.25, -0.2) is 0 Å². The van der Waals surface area contributed by atoms with Crippen molar-refractivity contribution in [1.29, 1.82) is 0 Å². The van der Waals surface area contributed by atoms with E-state index in [9.17, 15) is 9.59 Å². The lowest BCUT2D eigenvalue weighted by Crippen LogP contribution is -2.43. The molecule has 2 heterocycles. The molecule has 4 heteroatoms. The second kappa shape index (κ2) is 5.72. The lowest BCUT2D eigenvalue weighted by Gasteiger charge is -2.33. The van der Waals surface area contributed by atoms with Crippen LogP contribution in [-0.4, -0.2) is 34.2 Å². The first-order valence-electron chi connectivity index (χ1n) is 7.53. The largest absolute Gasteiger partial charge is 0.338 e. The minimum Gasteiger partial charge on any atom is -0.338 e. The Kier molecular flexibility index (Phi) is 3.78. The van der Waals surface area contributed by atoms with Gasteiger partial charge in [0.1, 0.15) is 6.54 Å². The lowest BCUT2D eigenvalue weighted by atomic mass is 10.0. The van der Waals surface area contributed by atoms with Gasteiger partial charge in [0.25, 0.3) is 0 Å². The normalized spacial score (nSPS) is 18.9. The quantitative estimate of drug-likeness (QED) is 0.813. The van der Waals surface area contributed by atoms with Gasteiger partial charge in [-0.1, -0.05) is 18.2 Å². The summed E-state index contributed by atoms with van der Waals surface area (Å²) in [4.78, 5) is 25.7. The number of nitrogens with zero attached hydrogens (tertiary/aromatic N) is 2. The molecule has 0 N–H and O–H groups in total. The highest BCUT2D eigenvalue weighted by Gasteiger charge is 2.23. The number of carbonyl (C=O) groups is 2. The van der Waals surface area contributed by atoms with Gasteiger partial charge in [0.15, 0.2) is 6.29 Å². The third kappa shape index (κ3) is 2.58. The Morgan fingerprint density at radius 3 is 2.90 bits per heavy atom. The van der Waals surface area contributed by atoms with E-state index in [0.717, 1.165) is 36.6 Å². The van der Waals surface area contributed by atoms with Crippen LogP contribution in [0.25, 0.3) is 10.9 Å². The van der Waals surface area contributed by atoms with Gasteiger partial charge < -0.3 is 9.47 Å². The number of fused-ring (bicyclic) bond motifs is 1. The van der Waals surface area contributed by atoms with Crippen molar-refractivity contribution in [2.45, 2.75) is 38.8 Å². The van der Waals surface area contributed by atoms with Crippen LogP contribution in [-0.2, 0) is 11.3 Å². The molecule has 0 unspecified atom stereocenters. The Hall–Kier alpha value is -2.10. The minimum absolute atomic E-state index is 0.139. The van der Waals surface area contributed by atoms with Gasteiger partial charge in [0.05, 0.1) is 0 Å². The summed E-state index contributed by atoms with van der Waals surface area (Å²) in [6, 6.07) is 8.03. The molecule has 0 saturated carbocycles. The Morgan fingerprint density at radius 1 is 1.33 bits per heavy atom. The van der Waals surface area contributed by atoms with E-state index < -0.39 is 0 Å². The molecular weight excluding hydrogens is 264 g/mol. The van der Waals surface area contributed by atoms with Crippen molar-refractivity contribution in [2.24, 2.45) is 0 Å². The second-order valence-electron chi connectivity index (χ2n) is 5.78. The number of likely N-dealkylation sites (tertiary alicyclic amines) is 1. The third-order valence-electron chi connectivity index (χ3n) is 4.38. The number of hydrogen-bond acceptors (Lipinski definition) is 2. The van der Waals surface area contributed by atoms with Crippen molar-refractivity contribution in [1.82, 2.24) is 9.47 Å². The molecule has 0 bridgehead atoms. The Morgan fingerprint density at radius 2 is 2.14 bits per heavy atom. The summed E-state index contributed by atoms with van der Waals surface area (Å²) >= 11 is 0. The first kappa shape index (κ1) is 13.9. The molecule has 1 aliphatic rings. The van der Waals surface area contributed by atoms with Gasteiger partial charge >= 0.3 is 0 Å². The second-order valence-corrected chi connectivity index (χ2v) is 5.78. The van der Waals surface area contributed by atoms with Crippen molar-refractivity contribution >= 4 is 23.1 Å². The number of hydrogen-bond donors (Lipinski definition) is 0. The van der Waals surface area contributed by atoms with E-state index in [0.29, 0.717) is 18.2 Å². The summed E-state index contributed by atoms with van der Waals surface area (Å²) in [5, 5.41) is 0.909. The van der Waals surface area contributed by atoms with Gasteiger partial charge in [-0.05, 0) is 32.3 Å². The maximum atomic E-state index is 12.5. The summed E-state index contributed by atoms with van der Waals surface area (Å²) in [6.45, 7) is 3.26. The van der Waals surface area contributed by atoms with E-state index >= 15 is 0 Å². The summed E-state index contributed by atoms with van der Waals surface area (Å²) in [5.74, 6) is 0.139. The number of amides is 1. The van der Waals surface area contributed by atoms with Gasteiger partial charge in [0, 0.05) is 35.2 Å². The fourth-order valence-electron chi connectivity index (χ4n) is 3.21. The third-order valence-corrected chi connectivity index (χ3v) is 4.38.